The van der Waals surface area contributed by atoms with E-state index < -0.39 is 41.2 Å². The van der Waals surface area contributed by atoms with Crippen molar-refractivity contribution in [2.75, 3.05) is 18.5 Å². The molecule has 2 amide bonds. The lowest BCUT2D eigenvalue weighted by atomic mass is 10.0. The standard InChI is InChI=1S/C27H26F2N2O4/c1-27(2,3)35-23(32)16-31(26(34)24-21(28)9-6-10-22(24)29)20-8-5-7-19(15-20)17-11-13-18(14-12-17)25(33)30-4/h5-15H,16H2,1-4H3,(H,30,33). The van der Waals surface area contributed by atoms with Gasteiger partial charge in [0.2, 0.25) is 0 Å². The average molecular weight is 481 g/mol. The van der Waals surface area contributed by atoms with Crippen molar-refractivity contribution in [1.82, 2.24) is 5.32 Å². The predicted molar refractivity (Wildman–Crippen MR) is 129 cm³/mol. The van der Waals surface area contributed by atoms with E-state index in [4.69, 9.17) is 4.74 Å². The molecule has 35 heavy (non-hydrogen) atoms. The summed E-state index contributed by atoms with van der Waals surface area (Å²) in [4.78, 5) is 38.7. The van der Waals surface area contributed by atoms with Crippen molar-refractivity contribution in [1.29, 1.82) is 0 Å². The fourth-order valence-corrected chi connectivity index (χ4v) is 3.43. The highest BCUT2D eigenvalue weighted by atomic mass is 19.1. The number of amides is 2. The van der Waals surface area contributed by atoms with Gasteiger partial charge in [-0.3, -0.25) is 19.3 Å². The van der Waals surface area contributed by atoms with Crippen LogP contribution in [0.2, 0.25) is 0 Å². The van der Waals surface area contributed by atoms with Crippen LogP contribution in [0.4, 0.5) is 14.5 Å². The second kappa shape index (κ2) is 10.5. The van der Waals surface area contributed by atoms with E-state index in [0.29, 0.717) is 11.1 Å². The molecule has 0 aliphatic rings. The van der Waals surface area contributed by atoms with Gasteiger partial charge in [-0.15, -0.1) is 0 Å². The van der Waals surface area contributed by atoms with Crippen LogP contribution in [0.25, 0.3) is 11.1 Å². The Hall–Kier alpha value is -4.07. The summed E-state index contributed by atoms with van der Waals surface area (Å²) in [5, 5.41) is 2.55. The van der Waals surface area contributed by atoms with Crippen molar-refractivity contribution >= 4 is 23.5 Å². The molecule has 6 nitrogen and oxygen atoms in total. The van der Waals surface area contributed by atoms with Gasteiger partial charge in [0, 0.05) is 18.3 Å². The molecule has 0 aromatic heterocycles. The molecule has 0 spiro atoms. The van der Waals surface area contributed by atoms with Crippen molar-refractivity contribution in [2.45, 2.75) is 26.4 Å². The highest BCUT2D eigenvalue weighted by Crippen LogP contribution is 2.27. The molecule has 0 radical (unpaired) electrons. The maximum Gasteiger partial charge on any atom is 0.326 e. The topological polar surface area (TPSA) is 75.7 Å². The summed E-state index contributed by atoms with van der Waals surface area (Å²) in [6.07, 6.45) is 0. The minimum atomic E-state index is -1.04. The Morgan fingerprint density at radius 3 is 2.06 bits per heavy atom. The van der Waals surface area contributed by atoms with Crippen LogP contribution in [0.5, 0.6) is 0 Å². The first-order valence-electron chi connectivity index (χ1n) is 10.9. The first-order chi connectivity index (χ1) is 16.5. The van der Waals surface area contributed by atoms with E-state index >= 15 is 0 Å². The molecule has 0 bridgehead atoms. The lowest BCUT2D eigenvalue weighted by molar-refractivity contribution is -0.152. The SMILES string of the molecule is CNC(=O)c1ccc(-c2cccc(N(CC(=O)OC(C)(C)C)C(=O)c3c(F)cccc3F)c2)cc1. The summed E-state index contributed by atoms with van der Waals surface area (Å²) >= 11 is 0. The zero-order chi connectivity index (χ0) is 25.8. The first-order valence-corrected chi connectivity index (χ1v) is 10.9. The van der Waals surface area contributed by atoms with Gasteiger partial charge in [0.05, 0.1) is 0 Å². The summed E-state index contributed by atoms with van der Waals surface area (Å²) in [6, 6.07) is 16.5. The number of benzene rings is 3. The Balaban J connectivity index is 2.02. The van der Waals surface area contributed by atoms with Crippen molar-refractivity contribution in [3.8, 4) is 11.1 Å². The number of esters is 1. The molecular formula is C27H26F2N2O4. The fraction of sp³-hybridized carbons (Fsp3) is 0.222. The zero-order valence-corrected chi connectivity index (χ0v) is 19.9. The van der Waals surface area contributed by atoms with Gasteiger partial charge < -0.3 is 10.1 Å². The summed E-state index contributed by atoms with van der Waals surface area (Å²) < 4.78 is 34.2. The number of nitrogens with zero attached hydrogens (tertiary/aromatic N) is 1. The van der Waals surface area contributed by atoms with E-state index in [1.54, 1.807) is 69.3 Å². The van der Waals surface area contributed by atoms with Crippen LogP contribution < -0.4 is 10.2 Å². The predicted octanol–water partition coefficient (Wildman–Crippen LogP) is 4.98. The normalized spacial score (nSPS) is 11.0. The number of halogens is 2. The zero-order valence-electron chi connectivity index (χ0n) is 19.9. The number of carbonyl (C=O) groups excluding carboxylic acids is 3. The van der Waals surface area contributed by atoms with Crippen LogP contribution in [-0.4, -0.2) is 37.0 Å². The lowest BCUT2D eigenvalue weighted by Crippen LogP contribution is -2.39. The van der Waals surface area contributed by atoms with Gasteiger partial charge in [0.15, 0.2) is 0 Å². The summed E-state index contributed by atoms with van der Waals surface area (Å²) in [7, 11) is 1.54. The summed E-state index contributed by atoms with van der Waals surface area (Å²) in [5.74, 6) is -4.05. The second-order valence-corrected chi connectivity index (χ2v) is 8.78. The molecule has 3 aromatic carbocycles. The van der Waals surface area contributed by atoms with Gasteiger partial charge in [-0.25, -0.2) is 8.78 Å². The molecule has 8 heteroatoms. The molecule has 0 unspecified atom stereocenters. The van der Waals surface area contributed by atoms with Crippen LogP contribution in [-0.2, 0) is 9.53 Å². The molecule has 0 fully saturated rings. The van der Waals surface area contributed by atoms with Gasteiger partial charge in [0.25, 0.3) is 11.8 Å². The number of carbonyl (C=O) groups is 3. The largest absolute Gasteiger partial charge is 0.459 e. The Morgan fingerprint density at radius 2 is 1.49 bits per heavy atom. The van der Waals surface area contributed by atoms with E-state index in [2.05, 4.69) is 5.32 Å². The smallest absolute Gasteiger partial charge is 0.326 e. The van der Waals surface area contributed by atoms with Crippen molar-refractivity contribution < 1.29 is 27.9 Å². The number of anilines is 1. The third-order valence-corrected chi connectivity index (χ3v) is 4.99. The third kappa shape index (κ3) is 6.29. The Kier molecular flexibility index (Phi) is 7.64. The van der Waals surface area contributed by atoms with Crippen LogP contribution in [0.3, 0.4) is 0 Å². The number of hydrogen-bond donors (Lipinski definition) is 1. The molecule has 0 aliphatic heterocycles. The van der Waals surface area contributed by atoms with E-state index in [1.165, 1.54) is 7.05 Å². The van der Waals surface area contributed by atoms with E-state index in [-0.39, 0.29) is 11.6 Å². The van der Waals surface area contributed by atoms with Crippen LogP contribution >= 0.6 is 0 Å². The fourth-order valence-electron chi connectivity index (χ4n) is 3.43. The monoisotopic (exact) mass is 480 g/mol. The Bertz CT molecular complexity index is 1230. The van der Waals surface area contributed by atoms with Gasteiger partial charge >= 0.3 is 5.97 Å². The van der Waals surface area contributed by atoms with Gasteiger partial charge in [0.1, 0.15) is 29.3 Å². The van der Waals surface area contributed by atoms with E-state index in [0.717, 1.165) is 28.7 Å². The number of rotatable bonds is 6. The van der Waals surface area contributed by atoms with Crippen LogP contribution in [0.15, 0.2) is 66.7 Å². The maximum absolute atomic E-state index is 14.4. The molecule has 1 N–H and O–H groups in total. The minimum absolute atomic E-state index is 0.230. The van der Waals surface area contributed by atoms with E-state index in [1.807, 2.05) is 0 Å². The van der Waals surface area contributed by atoms with Crippen molar-refractivity contribution in [2.24, 2.45) is 0 Å². The summed E-state index contributed by atoms with van der Waals surface area (Å²) in [5.41, 5.74) is 0.545. The molecule has 0 saturated carbocycles. The van der Waals surface area contributed by atoms with Crippen LogP contribution in [0.1, 0.15) is 41.5 Å². The number of nitrogens with one attached hydrogen (secondary N) is 1. The number of hydrogen-bond acceptors (Lipinski definition) is 4. The molecule has 0 atom stereocenters. The van der Waals surface area contributed by atoms with E-state index in [9.17, 15) is 23.2 Å². The lowest BCUT2D eigenvalue weighted by Gasteiger charge is -2.26. The van der Waals surface area contributed by atoms with Gasteiger partial charge in [-0.2, -0.15) is 0 Å². The molecular weight excluding hydrogens is 454 g/mol. The van der Waals surface area contributed by atoms with Gasteiger partial charge in [-0.1, -0.05) is 30.3 Å². The molecule has 0 aliphatic carbocycles. The molecule has 3 aromatic rings. The van der Waals surface area contributed by atoms with Gasteiger partial charge in [-0.05, 0) is 68.3 Å². The molecule has 0 heterocycles. The maximum atomic E-state index is 14.4. The molecule has 182 valence electrons. The Morgan fingerprint density at radius 1 is 0.886 bits per heavy atom. The van der Waals surface area contributed by atoms with Crippen molar-refractivity contribution in [3.05, 3.63) is 89.5 Å². The van der Waals surface area contributed by atoms with Crippen molar-refractivity contribution in [3.63, 3.8) is 0 Å². The highest BCUT2D eigenvalue weighted by molar-refractivity contribution is 6.09. The average Bonchev–Trinajstić information content (AvgIpc) is 2.81. The first kappa shape index (κ1) is 25.6. The highest BCUT2D eigenvalue weighted by Gasteiger charge is 2.28. The quantitative estimate of drug-likeness (QED) is 0.505. The minimum Gasteiger partial charge on any atom is -0.459 e. The second-order valence-electron chi connectivity index (χ2n) is 8.78. The number of ether oxygens (including phenoxy) is 1. The molecule has 3 rings (SSSR count). The third-order valence-electron chi connectivity index (χ3n) is 4.99. The Labute approximate surface area is 202 Å². The summed E-state index contributed by atoms with van der Waals surface area (Å²) in [6.45, 7) is 4.48. The van der Waals surface area contributed by atoms with Crippen LogP contribution in [0, 0.1) is 11.6 Å². The molecule has 0 saturated heterocycles.